The average molecular weight is 445 g/mol. The number of halogens is 1. The molecule has 1 aliphatic carbocycles. The number of fused-ring (bicyclic) bond motifs is 8. The number of anilines is 1. The molecule has 1 aromatic carbocycles. The van der Waals surface area contributed by atoms with Gasteiger partial charge in [-0.1, -0.05) is 42.4 Å². The van der Waals surface area contributed by atoms with Crippen molar-refractivity contribution >= 4 is 40.6 Å². The van der Waals surface area contributed by atoms with Gasteiger partial charge >= 0.3 is 0 Å². The number of hydrogen-bond donors (Lipinski definition) is 2. The number of aromatic nitrogens is 3. The van der Waals surface area contributed by atoms with E-state index in [0.29, 0.717) is 0 Å². The van der Waals surface area contributed by atoms with Crippen LogP contribution in [-0.2, 0) is 18.6 Å². The molecular formula is C20H21ClN6S2. The molecule has 1 unspecified atom stereocenters. The lowest BCUT2D eigenvalue weighted by molar-refractivity contribution is 0.495. The van der Waals surface area contributed by atoms with E-state index in [1.54, 1.807) is 17.3 Å². The molecule has 0 bridgehead atoms. The minimum atomic E-state index is 0.140. The number of benzene rings is 1. The Balaban J connectivity index is 1.41. The Morgan fingerprint density at radius 1 is 1.28 bits per heavy atom. The summed E-state index contributed by atoms with van der Waals surface area (Å²) in [6.45, 7) is 3.11. The van der Waals surface area contributed by atoms with Crippen LogP contribution in [0.3, 0.4) is 0 Å². The molecule has 29 heavy (non-hydrogen) atoms. The molecule has 2 aliphatic heterocycles. The van der Waals surface area contributed by atoms with Gasteiger partial charge in [-0.05, 0) is 48.4 Å². The molecule has 2 N–H and O–H groups in total. The first-order chi connectivity index (χ1) is 14.2. The third-order valence-corrected chi connectivity index (χ3v) is 8.47. The van der Waals surface area contributed by atoms with Crippen LogP contribution in [0.25, 0.3) is 5.00 Å². The van der Waals surface area contributed by atoms with Crippen molar-refractivity contribution in [3.05, 3.63) is 50.9 Å². The number of thioether (sulfide) groups is 1. The monoisotopic (exact) mass is 444 g/mol. The Hall–Kier alpha value is -1.58. The molecule has 2 atom stereocenters. The van der Waals surface area contributed by atoms with Gasteiger partial charge in [0, 0.05) is 21.2 Å². The van der Waals surface area contributed by atoms with E-state index in [-0.39, 0.29) is 6.17 Å². The Labute approximate surface area is 182 Å². The molecule has 9 heteroatoms. The van der Waals surface area contributed by atoms with Gasteiger partial charge in [-0.25, -0.2) is 9.99 Å². The number of aryl methyl sites for hydroxylation is 1. The third kappa shape index (κ3) is 2.92. The summed E-state index contributed by atoms with van der Waals surface area (Å²) >= 11 is 9.68. The standard InChI is InChI=1S/C20H21ClN6S2/c1-11-2-7-15-14(8-11)16-17-22-10-23-27(17)19-24-25-20(26(19)18(16)29-15)28-9-12-3-5-13(21)6-4-12/h3-6,11,17,22-23H,2,7-10H2,1H3/t11-,17?/m1/s1. The van der Waals surface area contributed by atoms with E-state index < -0.39 is 0 Å². The molecule has 3 aromatic rings. The lowest BCUT2D eigenvalue weighted by Gasteiger charge is -2.31. The average Bonchev–Trinajstić information content (AvgIpc) is 3.43. The Morgan fingerprint density at radius 2 is 2.14 bits per heavy atom. The largest absolute Gasteiger partial charge is 0.278 e. The molecule has 4 heterocycles. The van der Waals surface area contributed by atoms with Crippen molar-refractivity contribution in [1.29, 1.82) is 0 Å². The first-order valence-electron chi connectivity index (χ1n) is 9.92. The van der Waals surface area contributed by atoms with Crippen molar-refractivity contribution in [3.63, 3.8) is 0 Å². The summed E-state index contributed by atoms with van der Waals surface area (Å²) in [7, 11) is 0. The molecule has 150 valence electrons. The van der Waals surface area contributed by atoms with Gasteiger partial charge in [0.2, 0.25) is 5.95 Å². The molecule has 6 rings (SSSR count). The van der Waals surface area contributed by atoms with E-state index in [9.17, 15) is 0 Å². The van der Waals surface area contributed by atoms with Crippen molar-refractivity contribution < 1.29 is 0 Å². The second-order valence-corrected chi connectivity index (χ2v) is 10.4. The number of rotatable bonds is 3. The summed E-state index contributed by atoms with van der Waals surface area (Å²) in [5.74, 6) is 2.45. The van der Waals surface area contributed by atoms with Crippen LogP contribution >= 0.6 is 34.7 Å². The number of nitrogens with one attached hydrogen (secondary N) is 2. The summed E-state index contributed by atoms with van der Waals surface area (Å²) in [6, 6.07) is 8.02. The number of thiophene rings is 1. The van der Waals surface area contributed by atoms with Gasteiger partial charge in [-0.3, -0.25) is 10.3 Å². The van der Waals surface area contributed by atoms with Crippen molar-refractivity contribution in [1.82, 2.24) is 25.5 Å². The highest BCUT2D eigenvalue weighted by Crippen LogP contribution is 2.48. The van der Waals surface area contributed by atoms with Gasteiger partial charge in [-0.15, -0.1) is 21.5 Å². The Kier molecular flexibility index (Phi) is 4.39. The summed E-state index contributed by atoms with van der Waals surface area (Å²) in [6.07, 6.45) is 3.76. The van der Waals surface area contributed by atoms with Crippen LogP contribution in [0.5, 0.6) is 0 Å². The maximum absolute atomic E-state index is 6.02. The second kappa shape index (κ2) is 6.99. The first-order valence-corrected chi connectivity index (χ1v) is 12.1. The highest BCUT2D eigenvalue weighted by atomic mass is 35.5. The fourth-order valence-corrected chi connectivity index (χ4v) is 6.91. The van der Waals surface area contributed by atoms with E-state index in [1.165, 1.54) is 33.8 Å². The normalized spacial score (nSPS) is 22.2. The maximum atomic E-state index is 6.02. The highest BCUT2D eigenvalue weighted by Gasteiger charge is 2.42. The molecule has 6 nitrogen and oxygen atoms in total. The minimum Gasteiger partial charge on any atom is -0.278 e. The lowest BCUT2D eigenvalue weighted by Crippen LogP contribution is -2.39. The molecule has 2 aromatic heterocycles. The molecule has 0 radical (unpaired) electrons. The highest BCUT2D eigenvalue weighted by molar-refractivity contribution is 7.98. The van der Waals surface area contributed by atoms with Crippen molar-refractivity contribution in [2.75, 3.05) is 11.7 Å². The fourth-order valence-electron chi connectivity index (χ4n) is 4.46. The minimum absolute atomic E-state index is 0.140. The van der Waals surface area contributed by atoms with Gasteiger partial charge in [0.15, 0.2) is 5.16 Å². The number of hydrazine groups is 1. The van der Waals surface area contributed by atoms with Crippen molar-refractivity contribution in [2.24, 2.45) is 5.92 Å². The Bertz CT molecular complexity index is 1080. The zero-order valence-corrected chi connectivity index (χ0v) is 18.4. The Morgan fingerprint density at radius 3 is 3.00 bits per heavy atom. The van der Waals surface area contributed by atoms with E-state index in [1.807, 2.05) is 23.5 Å². The van der Waals surface area contributed by atoms with Crippen LogP contribution in [0.15, 0.2) is 29.4 Å². The SMILES string of the molecule is C[C@@H]1CCc2sc3c(c2C1)C1NCNN1c1nnc(SCc2ccc(Cl)cc2)n1-3. The predicted molar refractivity (Wildman–Crippen MR) is 118 cm³/mol. The zero-order valence-electron chi connectivity index (χ0n) is 16.0. The lowest BCUT2D eigenvalue weighted by atomic mass is 9.87. The predicted octanol–water partition coefficient (Wildman–Crippen LogP) is 4.28. The quantitative estimate of drug-likeness (QED) is 0.588. The van der Waals surface area contributed by atoms with Gasteiger partial charge in [0.05, 0.1) is 6.67 Å². The summed E-state index contributed by atoms with van der Waals surface area (Å²) in [5, 5.41) is 17.8. The number of hydrogen-bond acceptors (Lipinski definition) is 7. The van der Waals surface area contributed by atoms with Gasteiger partial charge in [0.25, 0.3) is 0 Å². The smallest absolute Gasteiger partial charge is 0.249 e. The molecule has 1 saturated heterocycles. The van der Waals surface area contributed by atoms with Crippen LogP contribution in [0.1, 0.15) is 41.1 Å². The first kappa shape index (κ1) is 18.2. The molecule has 0 spiro atoms. The summed E-state index contributed by atoms with van der Waals surface area (Å²) in [4.78, 5) is 1.54. The van der Waals surface area contributed by atoms with Crippen LogP contribution in [0, 0.1) is 5.92 Å². The third-order valence-electron chi connectivity index (χ3n) is 5.92. The second-order valence-electron chi connectivity index (χ2n) is 7.92. The van der Waals surface area contributed by atoms with Gasteiger partial charge < -0.3 is 0 Å². The molecule has 0 amide bonds. The van der Waals surface area contributed by atoms with E-state index in [2.05, 4.69) is 49.6 Å². The topological polar surface area (TPSA) is 58.0 Å². The molecule has 0 saturated carbocycles. The summed E-state index contributed by atoms with van der Waals surface area (Å²) in [5.41, 5.74) is 7.63. The number of nitrogens with zero attached hydrogens (tertiary/aromatic N) is 4. The van der Waals surface area contributed by atoms with Crippen LogP contribution < -0.4 is 15.8 Å². The van der Waals surface area contributed by atoms with E-state index in [4.69, 9.17) is 11.6 Å². The van der Waals surface area contributed by atoms with Crippen LogP contribution in [0.2, 0.25) is 5.02 Å². The summed E-state index contributed by atoms with van der Waals surface area (Å²) < 4.78 is 2.25. The molecule has 3 aliphatic rings. The van der Waals surface area contributed by atoms with Crippen molar-refractivity contribution in [2.45, 2.75) is 43.3 Å². The molecule has 1 fully saturated rings. The van der Waals surface area contributed by atoms with Gasteiger partial charge in [-0.2, -0.15) is 0 Å². The van der Waals surface area contributed by atoms with Crippen LogP contribution in [-0.4, -0.2) is 21.4 Å². The molecular weight excluding hydrogens is 424 g/mol. The zero-order chi connectivity index (χ0) is 19.5. The van der Waals surface area contributed by atoms with Crippen molar-refractivity contribution in [3.8, 4) is 5.00 Å². The van der Waals surface area contributed by atoms with E-state index >= 15 is 0 Å². The van der Waals surface area contributed by atoms with Crippen LogP contribution in [0.4, 0.5) is 5.95 Å². The fraction of sp³-hybridized carbons (Fsp3) is 0.400. The van der Waals surface area contributed by atoms with Gasteiger partial charge in [0.1, 0.15) is 11.2 Å². The maximum Gasteiger partial charge on any atom is 0.249 e. The van der Waals surface area contributed by atoms with E-state index in [0.717, 1.165) is 40.9 Å².